The Morgan fingerprint density at radius 3 is 2.67 bits per heavy atom. The lowest BCUT2D eigenvalue weighted by Crippen LogP contribution is -2.35. The molecule has 1 aromatic carbocycles. The van der Waals surface area contributed by atoms with Gasteiger partial charge in [0.05, 0.1) is 0 Å². The molecule has 0 unspecified atom stereocenters. The van der Waals surface area contributed by atoms with Crippen LogP contribution < -0.4 is 0 Å². The van der Waals surface area contributed by atoms with Crippen LogP contribution in [-0.4, -0.2) is 51.0 Å². The predicted octanol–water partition coefficient (Wildman–Crippen LogP) is 2.48. The molecule has 7 nitrogen and oxygen atoms in total. The molecule has 0 amide bonds. The molecule has 0 spiro atoms. The summed E-state index contributed by atoms with van der Waals surface area (Å²) in [6.07, 6.45) is -4.47. The van der Waals surface area contributed by atoms with Gasteiger partial charge in [-0.15, -0.1) is 5.10 Å². The Kier molecular flexibility index (Phi) is 5.01. The SMILES string of the molecule is CC(C)N1CCc2cc(-c3nn[nH]c3C(=O)OC(=O)C(F)(F)F)ccc2C1. The number of carbonyl (C=O) groups is 2. The van der Waals surface area contributed by atoms with E-state index in [-0.39, 0.29) is 5.69 Å². The van der Waals surface area contributed by atoms with Gasteiger partial charge >= 0.3 is 18.1 Å². The van der Waals surface area contributed by atoms with Crippen molar-refractivity contribution in [2.24, 2.45) is 0 Å². The fraction of sp³-hybridized carbons (Fsp3) is 0.412. The van der Waals surface area contributed by atoms with E-state index in [0.717, 1.165) is 30.6 Å². The molecular formula is C17H17F3N4O3. The Morgan fingerprint density at radius 2 is 2.00 bits per heavy atom. The van der Waals surface area contributed by atoms with Crippen LogP contribution in [0.15, 0.2) is 18.2 Å². The summed E-state index contributed by atoms with van der Waals surface area (Å²) >= 11 is 0. The summed E-state index contributed by atoms with van der Waals surface area (Å²) in [6, 6.07) is 5.85. The van der Waals surface area contributed by atoms with Crippen LogP contribution in [0, 0.1) is 0 Å². The second-order valence-corrected chi connectivity index (χ2v) is 6.51. The van der Waals surface area contributed by atoms with Crippen LogP contribution in [0.1, 0.15) is 35.5 Å². The van der Waals surface area contributed by atoms with Crippen molar-refractivity contribution in [3.63, 3.8) is 0 Å². The third-order valence-electron chi connectivity index (χ3n) is 4.42. The standard InChI is InChI=1S/C17H17F3N4O3/c1-9(2)24-6-5-10-7-11(3-4-12(10)8-24)13-14(22-23-21-13)15(25)27-16(26)17(18,19)20/h3-4,7,9H,5-6,8H2,1-2H3,(H,21,22,23). The largest absolute Gasteiger partial charge is 0.491 e. The summed E-state index contributed by atoms with van der Waals surface area (Å²) in [5, 5.41) is 9.42. The van der Waals surface area contributed by atoms with E-state index in [9.17, 15) is 22.8 Å². The molecule has 1 aromatic heterocycles. The van der Waals surface area contributed by atoms with Crippen LogP contribution in [0.4, 0.5) is 13.2 Å². The molecule has 0 saturated heterocycles. The number of carbonyl (C=O) groups excluding carboxylic acids is 2. The number of aromatic amines is 1. The molecule has 2 aromatic rings. The minimum absolute atomic E-state index is 0.0315. The van der Waals surface area contributed by atoms with Crippen molar-refractivity contribution in [2.45, 2.75) is 39.0 Å². The van der Waals surface area contributed by atoms with Gasteiger partial charge in [0.1, 0.15) is 5.69 Å². The van der Waals surface area contributed by atoms with Gasteiger partial charge in [0, 0.05) is 24.7 Å². The van der Waals surface area contributed by atoms with Gasteiger partial charge < -0.3 is 4.74 Å². The molecule has 0 saturated carbocycles. The van der Waals surface area contributed by atoms with Gasteiger partial charge in [-0.2, -0.15) is 13.2 Å². The van der Waals surface area contributed by atoms with Crippen LogP contribution in [0.25, 0.3) is 11.3 Å². The number of H-pyrrole nitrogens is 1. The summed E-state index contributed by atoms with van der Waals surface area (Å²) in [4.78, 5) is 25.1. The maximum Gasteiger partial charge on any atom is 0.491 e. The maximum atomic E-state index is 12.3. The number of ether oxygens (including phenoxy) is 1. The van der Waals surface area contributed by atoms with E-state index >= 15 is 0 Å². The van der Waals surface area contributed by atoms with E-state index in [2.05, 4.69) is 38.9 Å². The molecule has 0 aliphatic carbocycles. The number of aromatic nitrogens is 3. The van der Waals surface area contributed by atoms with Crippen molar-refractivity contribution in [3.05, 3.63) is 35.0 Å². The van der Waals surface area contributed by atoms with E-state index in [0.29, 0.717) is 11.6 Å². The lowest BCUT2D eigenvalue weighted by atomic mass is 9.95. The van der Waals surface area contributed by atoms with Crippen LogP contribution >= 0.6 is 0 Å². The summed E-state index contributed by atoms with van der Waals surface area (Å²) in [5.41, 5.74) is 2.33. The van der Waals surface area contributed by atoms with Gasteiger partial charge in [-0.3, -0.25) is 10.00 Å². The fourth-order valence-electron chi connectivity index (χ4n) is 2.93. The smallest absolute Gasteiger partial charge is 0.381 e. The lowest BCUT2D eigenvalue weighted by molar-refractivity contribution is -0.193. The van der Waals surface area contributed by atoms with Crippen molar-refractivity contribution in [1.29, 1.82) is 0 Å². The molecule has 3 rings (SSSR count). The third kappa shape index (κ3) is 4.00. The molecule has 1 aliphatic heterocycles. The Hall–Kier alpha value is -2.75. The molecule has 1 aliphatic rings. The van der Waals surface area contributed by atoms with Gasteiger partial charge in [-0.25, -0.2) is 9.59 Å². The molecule has 0 bridgehead atoms. The highest BCUT2D eigenvalue weighted by Crippen LogP contribution is 2.28. The van der Waals surface area contributed by atoms with E-state index in [1.165, 1.54) is 0 Å². The number of esters is 2. The molecule has 0 fully saturated rings. The van der Waals surface area contributed by atoms with E-state index in [1.807, 2.05) is 12.1 Å². The molecule has 144 valence electrons. The Morgan fingerprint density at radius 1 is 1.26 bits per heavy atom. The normalized spacial score (nSPS) is 14.9. The van der Waals surface area contributed by atoms with Gasteiger partial charge in [0.25, 0.3) is 0 Å². The highest BCUT2D eigenvalue weighted by atomic mass is 19.4. The number of fused-ring (bicyclic) bond motifs is 1. The molecule has 0 atom stereocenters. The van der Waals surface area contributed by atoms with Crippen molar-refractivity contribution < 1.29 is 27.5 Å². The first kappa shape index (κ1) is 19.0. The van der Waals surface area contributed by atoms with Gasteiger partial charge in [0.15, 0.2) is 5.69 Å². The highest BCUT2D eigenvalue weighted by Gasteiger charge is 2.43. The second kappa shape index (κ2) is 7.10. The average molecular weight is 382 g/mol. The van der Waals surface area contributed by atoms with Crippen molar-refractivity contribution in [2.75, 3.05) is 6.54 Å². The van der Waals surface area contributed by atoms with Crippen LogP contribution in [0.5, 0.6) is 0 Å². The molecular weight excluding hydrogens is 365 g/mol. The molecule has 2 heterocycles. The maximum absolute atomic E-state index is 12.3. The summed E-state index contributed by atoms with van der Waals surface area (Å²) < 4.78 is 40.7. The first-order chi connectivity index (χ1) is 12.7. The van der Waals surface area contributed by atoms with Crippen LogP contribution in [0.2, 0.25) is 0 Å². The van der Waals surface area contributed by atoms with E-state index in [1.54, 1.807) is 6.07 Å². The van der Waals surface area contributed by atoms with Gasteiger partial charge in [-0.05, 0) is 37.5 Å². The number of hydrogen-bond acceptors (Lipinski definition) is 6. The summed E-state index contributed by atoms with van der Waals surface area (Å²) in [6.45, 7) is 5.91. The number of nitrogens with zero attached hydrogens (tertiary/aromatic N) is 3. The topological polar surface area (TPSA) is 88.2 Å². The van der Waals surface area contributed by atoms with Crippen molar-refractivity contribution in [3.8, 4) is 11.3 Å². The quantitative estimate of drug-likeness (QED) is 0.648. The highest BCUT2D eigenvalue weighted by molar-refractivity contribution is 6.00. The second-order valence-electron chi connectivity index (χ2n) is 6.51. The number of nitrogens with one attached hydrogen (secondary N) is 1. The van der Waals surface area contributed by atoms with Crippen LogP contribution in [-0.2, 0) is 22.5 Å². The molecule has 1 N–H and O–H groups in total. The number of hydrogen-bond donors (Lipinski definition) is 1. The summed E-state index contributed by atoms with van der Waals surface area (Å²) in [7, 11) is 0. The van der Waals surface area contributed by atoms with Crippen molar-refractivity contribution in [1.82, 2.24) is 20.3 Å². The van der Waals surface area contributed by atoms with Crippen LogP contribution in [0.3, 0.4) is 0 Å². The minimum Gasteiger partial charge on any atom is -0.381 e. The zero-order valence-electron chi connectivity index (χ0n) is 14.6. The number of alkyl halides is 3. The Balaban J connectivity index is 1.84. The first-order valence-electron chi connectivity index (χ1n) is 8.27. The lowest BCUT2D eigenvalue weighted by Gasteiger charge is -2.32. The van der Waals surface area contributed by atoms with Gasteiger partial charge in [0.2, 0.25) is 0 Å². The zero-order chi connectivity index (χ0) is 19.8. The van der Waals surface area contributed by atoms with E-state index < -0.39 is 23.8 Å². The average Bonchev–Trinajstić information content (AvgIpc) is 3.09. The molecule has 10 heteroatoms. The predicted molar refractivity (Wildman–Crippen MR) is 87.5 cm³/mol. The third-order valence-corrected chi connectivity index (χ3v) is 4.42. The minimum atomic E-state index is -5.27. The van der Waals surface area contributed by atoms with Gasteiger partial charge in [-0.1, -0.05) is 17.3 Å². The Labute approximate surface area is 152 Å². The number of benzene rings is 1. The summed E-state index contributed by atoms with van der Waals surface area (Å²) in [5.74, 6) is -4.08. The zero-order valence-corrected chi connectivity index (χ0v) is 14.6. The monoisotopic (exact) mass is 382 g/mol. The Bertz CT molecular complexity index is 877. The van der Waals surface area contributed by atoms with Crippen molar-refractivity contribution >= 4 is 11.9 Å². The number of rotatable bonds is 3. The molecule has 0 radical (unpaired) electrons. The first-order valence-corrected chi connectivity index (χ1v) is 8.27. The molecule has 27 heavy (non-hydrogen) atoms. The number of halogens is 3. The fourth-order valence-corrected chi connectivity index (χ4v) is 2.93. The van der Waals surface area contributed by atoms with E-state index in [4.69, 9.17) is 0 Å².